The number of carboxylic acid groups (broad SMARTS) is 1. The largest absolute Gasteiger partial charge is 0.481 e. The minimum atomic E-state index is -0.569. The molecule has 80 valence electrons. The van der Waals surface area contributed by atoms with Crippen LogP contribution in [0.1, 0.15) is 26.7 Å². The third kappa shape index (κ3) is 1.54. The molecule has 2 bridgehead atoms. The van der Waals surface area contributed by atoms with Crippen molar-refractivity contribution in [3.8, 4) is 0 Å². The van der Waals surface area contributed by atoms with Gasteiger partial charge < -0.3 is 10.0 Å². The van der Waals surface area contributed by atoms with Gasteiger partial charge in [0.25, 0.3) is 0 Å². The first-order chi connectivity index (χ1) is 6.59. The zero-order chi connectivity index (χ0) is 10.3. The van der Waals surface area contributed by atoms with E-state index < -0.39 is 5.97 Å². The van der Waals surface area contributed by atoms with E-state index >= 15 is 0 Å². The fraction of sp³-hybridized carbons (Fsp3) is 0.909. The molecule has 2 rings (SSSR count). The van der Waals surface area contributed by atoms with E-state index in [1.165, 1.54) is 0 Å². The Labute approximate surface area is 85.1 Å². The summed E-state index contributed by atoms with van der Waals surface area (Å²) in [7, 11) is 0. The number of fused-ring (bicyclic) bond motifs is 2. The van der Waals surface area contributed by atoms with Gasteiger partial charge in [-0.25, -0.2) is 0 Å². The maximum absolute atomic E-state index is 11.1. The van der Waals surface area contributed by atoms with Gasteiger partial charge in [-0.2, -0.15) is 0 Å². The van der Waals surface area contributed by atoms with Gasteiger partial charge in [-0.05, 0) is 38.5 Å². The summed E-state index contributed by atoms with van der Waals surface area (Å²) >= 11 is 0. The van der Waals surface area contributed by atoms with Crippen molar-refractivity contribution < 1.29 is 9.90 Å². The Balaban J connectivity index is 2.08. The first kappa shape index (κ1) is 9.97. The number of nitrogens with zero attached hydrogens (tertiary/aromatic N) is 1. The summed E-state index contributed by atoms with van der Waals surface area (Å²) in [5.74, 6) is 0.202. The van der Waals surface area contributed by atoms with Crippen molar-refractivity contribution >= 4 is 5.97 Å². The summed E-state index contributed by atoms with van der Waals surface area (Å²) in [5.41, 5.74) is 0. The summed E-state index contributed by atoms with van der Waals surface area (Å²) in [6, 6.07) is 0.563. The van der Waals surface area contributed by atoms with Gasteiger partial charge >= 0.3 is 5.97 Å². The Hall–Kier alpha value is -0.570. The van der Waals surface area contributed by atoms with Crippen molar-refractivity contribution in [2.24, 2.45) is 17.8 Å². The van der Waals surface area contributed by atoms with Crippen LogP contribution in [-0.2, 0) is 4.79 Å². The van der Waals surface area contributed by atoms with Crippen LogP contribution >= 0.6 is 0 Å². The SMILES string of the molecule is CC(C)N1CC2CCC(C1)C2C(=O)O. The smallest absolute Gasteiger partial charge is 0.307 e. The summed E-state index contributed by atoms with van der Waals surface area (Å²) < 4.78 is 0. The van der Waals surface area contributed by atoms with E-state index in [0.717, 1.165) is 25.9 Å². The van der Waals surface area contributed by atoms with Crippen molar-refractivity contribution in [1.82, 2.24) is 4.90 Å². The Morgan fingerprint density at radius 2 is 1.79 bits per heavy atom. The third-order valence-electron chi connectivity index (χ3n) is 3.88. The maximum atomic E-state index is 11.1. The first-order valence-electron chi connectivity index (χ1n) is 5.56. The van der Waals surface area contributed by atoms with Gasteiger partial charge in [0.1, 0.15) is 0 Å². The highest BCUT2D eigenvalue weighted by Gasteiger charge is 2.46. The predicted molar refractivity (Wildman–Crippen MR) is 54.0 cm³/mol. The van der Waals surface area contributed by atoms with Gasteiger partial charge in [0.15, 0.2) is 0 Å². The predicted octanol–water partition coefficient (Wildman–Crippen LogP) is 1.44. The van der Waals surface area contributed by atoms with Crippen LogP contribution in [0.4, 0.5) is 0 Å². The fourth-order valence-corrected chi connectivity index (χ4v) is 3.08. The molecule has 1 aliphatic heterocycles. The number of hydrogen-bond donors (Lipinski definition) is 1. The van der Waals surface area contributed by atoms with Crippen molar-refractivity contribution in [3.63, 3.8) is 0 Å². The minimum Gasteiger partial charge on any atom is -0.481 e. The van der Waals surface area contributed by atoms with E-state index in [9.17, 15) is 4.79 Å². The monoisotopic (exact) mass is 197 g/mol. The van der Waals surface area contributed by atoms with Crippen LogP contribution in [0.2, 0.25) is 0 Å². The molecule has 3 heteroatoms. The molecule has 1 N–H and O–H groups in total. The van der Waals surface area contributed by atoms with Crippen LogP contribution in [-0.4, -0.2) is 35.1 Å². The van der Waals surface area contributed by atoms with Gasteiger partial charge in [-0.1, -0.05) is 0 Å². The lowest BCUT2D eigenvalue weighted by Gasteiger charge is -2.38. The third-order valence-corrected chi connectivity index (χ3v) is 3.88. The Morgan fingerprint density at radius 1 is 1.29 bits per heavy atom. The average Bonchev–Trinajstić information content (AvgIpc) is 2.37. The number of piperidine rings is 1. The molecule has 2 unspecified atom stereocenters. The lowest BCUT2D eigenvalue weighted by atomic mass is 9.85. The molecule has 0 spiro atoms. The van der Waals surface area contributed by atoms with Crippen LogP contribution < -0.4 is 0 Å². The highest BCUT2D eigenvalue weighted by atomic mass is 16.4. The number of aliphatic carboxylic acids is 1. The number of carbonyl (C=O) groups is 1. The van der Waals surface area contributed by atoms with Gasteiger partial charge in [0, 0.05) is 19.1 Å². The molecule has 0 aromatic carbocycles. The molecule has 0 aromatic heterocycles. The Kier molecular flexibility index (Phi) is 2.52. The minimum absolute atomic E-state index is 0.0509. The summed E-state index contributed by atoms with van der Waals surface area (Å²) in [4.78, 5) is 13.5. The lowest BCUT2D eigenvalue weighted by molar-refractivity contribution is -0.146. The Bertz CT molecular complexity index is 225. The van der Waals surface area contributed by atoms with E-state index in [4.69, 9.17) is 5.11 Å². The van der Waals surface area contributed by atoms with Crippen LogP contribution in [0, 0.1) is 17.8 Å². The van der Waals surface area contributed by atoms with Crippen molar-refractivity contribution in [1.29, 1.82) is 0 Å². The Morgan fingerprint density at radius 3 is 2.14 bits per heavy atom. The normalized spacial score (nSPS) is 37.8. The first-order valence-corrected chi connectivity index (χ1v) is 5.56. The standard InChI is InChI=1S/C11H19NO2/c1-7(2)12-5-8-3-4-9(6-12)10(8)11(13)14/h7-10H,3-6H2,1-2H3,(H,13,14). The van der Waals surface area contributed by atoms with Gasteiger partial charge in [-0.15, -0.1) is 0 Å². The van der Waals surface area contributed by atoms with Gasteiger partial charge in [0.2, 0.25) is 0 Å². The molecule has 0 aromatic rings. The number of rotatable bonds is 2. The molecule has 1 aliphatic carbocycles. The molecule has 3 nitrogen and oxygen atoms in total. The molecule has 2 aliphatic rings. The van der Waals surface area contributed by atoms with Crippen molar-refractivity contribution in [2.45, 2.75) is 32.7 Å². The lowest BCUT2D eigenvalue weighted by Crippen LogP contribution is -2.47. The summed E-state index contributed by atoms with van der Waals surface area (Å²) in [6.45, 7) is 6.37. The van der Waals surface area contributed by atoms with E-state index in [1.54, 1.807) is 0 Å². The molecular weight excluding hydrogens is 178 g/mol. The average molecular weight is 197 g/mol. The summed E-state index contributed by atoms with van der Waals surface area (Å²) in [6.07, 6.45) is 2.23. The highest BCUT2D eigenvalue weighted by Crippen LogP contribution is 2.42. The fourth-order valence-electron chi connectivity index (χ4n) is 3.08. The highest BCUT2D eigenvalue weighted by molar-refractivity contribution is 5.71. The number of carboxylic acids is 1. The van der Waals surface area contributed by atoms with E-state index in [-0.39, 0.29) is 5.92 Å². The van der Waals surface area contributed by atoms with Crippen LogP contribution in [0.25, 0.3) is 0 Å². The van der Waals surface area contributed by atoms with Crippen LogP contribution in [0.5, 0.6) is 0 Å². The van der Waals surface area contributed by atoms with Crippen molar-refractivity contribution in [2.75, 3.05) is 13.1 Å². The topological polar surface area (TPSA) is 40.5 Å². The summed E-state index contributed by atoms with van der Waals surface area (Å²) in [5, 5.41) is 9.13. The number of likely N-dealkylation sites (tertiary alicyclic amines) is 1. The van der Waals surface area contributed by atoms with E-state index in [1.807, 2.05) is 0 Å². The molecule has 14 heavy (non-hydrogen) atoms. The zero-order valence-corrected chi connectivity index (χ0v) is 8.94. The molecule has 0 radical (unpaired) electrons. The van der Waals surface area contributed by atoms with Crippen LogP contribution in [0.15, 0.2) is 0 Å². The van der Waals surface area contributed by atoms with E-state index in [2.05, 4.69) is 18.7 Å². The zero-order valence-electron chi connectivity index (χ0n) is 8.94. The molecule has 0 amide bonds. The molecule has 1 heterocycles. The van der Waals surface area contributed by atoms with Gasteiger partial charge in [-0.3, -0.25) is 4.79 Å². The van der Waals surface area contributed by atoms with E-state index in [0.29, 0.717) is 17.9 Å². The van der Waals surface area contributed by atoms with Gasteiger partial charge in [0.05, 0.1) is 5.92 Å². The number of hydrogen-bond acceptors (Lipinski definition) is 2. The quantitative estimate of drug-likeness (QED) is 0.728. The van der Waals surface area contributed by atoms with Crippen LogP contribution in [0.3, 0.4) is 0 Å². The molecule has 1 saturated heterocycles. The van der Waals surface area contributed by atoms with Crippen molar-refractivity contribution in [3.05, 3.63) is 0 Å². The molecule has 2 fully saturated rings. The molecule has 1 saturated carbocycles. The maximum Gasteiger partial charge on any atom is 0.307 e. The second-order valence-corrected chi connectivity index (χ2v) is 5.01. The second-order valence-electron chi connectivity index (χ2n) is 5.01. The second kappa shape index (κ2) is 3.54. The molecule has 2 atom stereocenters. The molecular formula is C11H19NO2.